The Morgan fingerprint density at radius 3 is 2.50 bits per heavy atom. The van der Waals surface area contributed by atoms with Gasteiger partial charge in [0.2, 0.25) is 15.8 Å². The third-order valence-corrected chi connectivity index (χ3v) is 5.61. The Kier molecular flexibility index (Phi) is 5.65. The summed E-state index contributed by atoms with van der Waals surface area (Å²) in [6.07, 6.45) is 1.20. The molecule has 0 unspecified atom stereocenters. The van der Waals surface area contributed by atoms with Gasteiger partial charge in [0.15, 0.2) is 0 Å². The van der Waals surface area contributed by atoms with Gasteiger partial charge in [0.1, 0.15) is 0 Å². The van der Waals surface area contributed by atoms with Gasteiger partial charge in [0, 0.05) is 37.0 Å². The summed E-state index contributed by atoms with van der Waals surface area (Å²) in [6.45, 7) is 1.74. The summed E-state index contributed by atoms with van der Waals surface area (Å²) < 4.78 is 25.5. The predicted octanol–water partition coefficient (Wildman–Crippen LogP) is 3.26. The second-order valence-corrected chi connectivity index (χ2v) is 8.20. The number of halogens is 1. The number of aryl methyl sites for hydroxylation is 1. The highest BCUT2D eigenvalue weighted by Gasteiger charge is 2.19. The number of nitro benzene ring substituents is 1. The van der Waals surface area contributed by atoms with Crippen LogP contribution < -0.4 is 0 Å². The van der Waals surface area contributed by atoms with Crippen LogP contribution in [0.1, 0.15) is 11.1 Å². The average Bonchev–Trinajstić information content (AvgIpc) is 2.55. The molecule has 0 bridgehead atoms. The second kappa shape index (κ2) is 7.40. The van der Waals surface area contributed by atoms with Crippen LogP contribution >= 0.6 is 11.6 Å². The molecule has 0 aliphatic carbocycles. The number of phenolic OH excluding ortho intramolecular Hbond substituents is 1. The quantitative estimate of drug-likeness (QED) is 0.472. The van der Waals surface area contributed by atoms with E-state index in [4.69, 9.17) is 11.6 Å². The molecule has 0 saturated carbocycles. The van der Waals surface area contributed by atoms with Gasteiger partial charge in [-0.25, -0.2) is 12.7 Å². The first-order valence-corrected chi connectivity index (χ1v) is 9.10. The fraction of sp³-hybridized carbons (Fsp3) is 0.188. The standard InChI is InChI=1S/C16H16ClN3O5S/c1-10-4-5-13(26(24,25)19(2)3)8-14(10)18-9-11-6-12(17)7-15(16(11)21)20(22)23/h4-9,21H,1-3H3. The molecular formula is C16H16ClN3O5S. The lowest BCUT2D eigenvalue weighted by molar-refractivity contribution is -0.385. The third kappa shape index (κ3) is 4.01. The minimum atomic E-state index is -3.63. The van der Waals surface area contributed by atoms with E-state index in [1.54, 1.807) is 13.0 Å². The first-order chi connectivity index (χ1) is 12.0. The zero-order valence-electron chi connectivity index (χ0n) is 14.2. The molecule has 1 N–H and O–H groups in total. The third-order valence-electron chi connectivity index (χ3n) is 3.58. The van der Waals surface area contributed by atoms with E-state index in [1.165, 1.54) is 38.5 Å². The van der Waals surface area contributed by atoms with Gasteiger partial charge in [-0.1, -0.05) is 17.7 Å². The van der Waals surface area contributed by atoms with E-state index in [2.05, 4.69) is 4.99 Å². The van der Waals surface area contributed by atoms with Crippen molar-refractivity contribution in [2.75, 3.05) is 14.1 Å². The smallest absolute Gasteiger partial charge is 0.312 e. The van der Waals surface area contributed by atoms with Gasteiger partial charge in [-0.2, -0.15) is 0 Å². The van der Waals surface area contributed by atoms with Gasteiger partial charge in [-0.3, -0.25) is 15.1 Å². The molecule has 0 saturated heterocycles. The zero-order valence-corrected chi connectivity index (χ0v) is 15.7. The molecular weight excluding hydrogens is 382 g/mol. The van der Waals surface area contributed by atoms with Crippen molar-refractivity contribution >= 4 is 39.2 Å². The van der Waals surface area contributed by atoms with E-state index in [-0.39, 0.29) is 15.5 Å². The molecule has 0 fully saturated rings. The van der Waals surface area contributed by atoms with E-state index in [9.17, 15) is 23.6 Å². The van der Waals surface area contributed by atoms with Gasteiger partial charge >= 0.3 is 5.69 Å². The number of rotatable bonds is 5. The van der Waals surface area contributed by atoms with Crippen molar-refractivity contribution in [3.63, 3.8) is 0 Å². The summed E-state index contributed by atoms with van der Waals surface area (Å²) in [7, 11) is -0.796. The van der Waals surface area contributed by atoms with Crippen molar-refractivity contribution in [1.29, 1.82) is 0 Å². The van der Waals surface area contributed by atoms with Crippen LogP contribution in [-0.4, -0.2) is 43.1 Å². The topological polar surface area (TPSA) is 113 Å². The number of aromatic hydroxyl groups is 1. The molecule has 0 amide bonds. The van der Waals surface area contributed by atoms with Crippen LogP contribution in [0.4, 0.5) is 11.4 Å². The van der Waals surface area contributed by atoms with Crippen molar-refractivity contribution in [2.45, 2.75) is 11.8 Å². The minimum absolute atomic E-state index is 0.0458. The lowest BCUT2D eigenvalue weighted by Gasteiger charge is -2.12. The average molecular weight is 398 g/mol. The molecule has 0 radical (unpaired) electrons. The molecule has 0 atom stereocenters. The van der Waals surface area contributed by atoms with Crippen LogP contribution in [0.5, 0.6) is 5.75 Å². The predicted molar refractivity (Wildman–Crippen MR) is 99.1 cm³/mol. The molecule has 0 spiro atoms. The number of hydrogen-bond acceptors (Lipinski definition) is 6. The van der Waals surface area contributed by atoms with Gasteiger partial charge in [-0.05, 0) is 30.7 Å². The van der Waals surface area contributed by atoms with Crippen LogP contribution in [0.3, 0.4) is 0 Å². The fourth-order valence-electron chi connectivity index (χ4n) is 2.08. The van der Waals surface area contributed by atoms with Crippen molar-refractivity contribution < 1.29 is 18.4 Å². The van der Waals surface area contributed by atoms with Crippen LogP contribution in [0.15, 0.2) is 40.2 Å². The number of phenols is 1. The molecule has 138 valence electrons. The number of nitrogens with zero attached hydrogens (tertiary/aromatic N) is 3. The summed E-state index contributed by atoms with van der Waals surface area (Å²) in [5.74, 6) is -0.571. The Hall–Kier alpha value is -2.49. The molecule has 8 nitrogen and oxygen atoms in total. The van der Waals surface area contributed by atoms with Crippen LogP contribution in [0, 0.1) is 17.0 Å². The number of benzene rings is 2. The van der Waals surface area contributed by atoms with E-state index >= 15 is 0 Å². The molecule has 0 aliphatic heterocycles. The Balaban J connectivity index is 2.51. The highest BCUT2D eigenvalue weighted by atomic mass is 35.5. The normalized spacial score (nSPS) is 12.0. The first kappa shape index (κ1) is 19.8. The lowest BCUT2D eigenvalue weighted by atomic mass is 10.1. The van der Waals surface area contributed by atoms with Crippen molar-refractivity contribution in [1.82, 2.24) is 4.31 Å². The summed E-state index contributed by atoms with van der Waals surface area (Å²) in [6, 6.07) is 6.80. The molecule has 2 aromatic rings. The SMILES string of the molecule is Cc1ccc(S(=O)(=O)N(C)C)cc1N=Cc1cc(Cl)cc([N+](=O)[O-])c1O. The maximum Gasteiger partial charge on any atom is 0.312 e. The van der Waals surface area contributed by atoms with Crippen molar-refractivity contribution in [3.8, 4) is 5.75 Å². The molecule has 26 heavy (non-hydrogen) atoms. The van der Waals surface area contributed by atoms with Crippen LogP contribution in [-0.2, 0) is 10.0 Å². The Labute approximate surface area is 155 Å². The highest BCUT2D eigenvalue weighted by molar-refractivity contribution is 7.89. The van der Waals surface area contributed by atoms with Crippen molar-refractivity contribution in [3.05, 3.63) is 56.6 Å². The van der Waals surface area contributed by atoms with Gasteiger partial charge in [0.25, 0.3) is 0 Å². The van der Waals surface area contributed by atoms with Gasteiger partial charge in [0.05, 0.1) is 15.5 Å². The van der Waals surface area contributed by atoms with E-state index in [0.29, 0.717) is 11.3 Å². The number of aliphatic imine (C=N–C) groups is 1. The Morgan fingerprint density at radius 1 is 1.27 bits per heavy atom. The van der Waals surface area contributed by atoms with Gasteiger partial charge in [-0.15, -0.1) is 0 Å². The molecule has 0 aliphatic rings. The summed E-state index contributed by atoms with van der Waals surface area (Å²) in [5.41, 5.74) is 0.536. The number of nitro groups is 1. The first-order valence-electron chi connectivity index (χ1n) is 7.28. The van der Waals surface area contributed by atoms with Crippen LogP contribution in [0.2, 0.25) is 5.02 Å². The number of sulfonamides is 1. The largest absolute Gasteiger partial charge is 0.502 e. The summed E-state index contributed by atoms with van der Waals surface area (Å²) >= 11 is 5.84. The second-order valence-electron chi connectivity index (χ2n) is 5.61. The fourth-order valence-corrected chi connectivity index (χ4v) is 3.22. The van der Waals surface area contributed by atoms with E-state index in [1.807, 2.05) is 0 Å². The summed E-state index contributed by atoms with van der Waals surface area (Å²) in [4.78, 5) is 14.4. The molecule has 2 aromatic carbocycles. The highest BCUT2D eigenvalue weighted by Crippen LogP contribution is 2.33. The molecule has 10 heteroatoms. The Morgan fingerprint density at radius 2 is 1.92 bits per heavy atom. The minimum Gasteiger partial charge on any atom is -0.502 e. The van der Waals surface area contributed by atoms with Crippen LogP contribution in [0.25, 0.3) is 0 Å². The zero-order chi connectivity index (χ0) is 19.6. The van der Waals surface area contributed by atoms with E-state index < -0.39 is 26.4 Å². The van der Waals surface area contributed by atoms with Gasteiger partial charge < -0.3 is 5.11 Å². The van der Waals surface area contributed by atoms with E-state index in [0.717, 1.165) is 10.4 Å². The molecule has 0 heterocycles. The lowest BCUT2D eigenvalue weighted by Crippen LogP contribution is -2.22. The summed E-state index contributed by atoms with van der Waals surface area (Å²) in [5, 5.41) is 21.0. The Bertz CT molecular complexity index is 1000. The monoisotopic (exact) mass is 397 g/mol. The molecule has 2 rings (SSSR count). The maximum atomic E-state index is 12.2. The molecule has 0 aromatic heterocycles. The maximum absolute atomic E-state index is 12.2. The number of hydrogen-bond donors (Lipinski definition) is 1. The van der Waals surface area contributed by atoms with Crippen molar-refractivity contribution in [2.24, 2.45) is 4.99 Å².